The van der Waals surface area contributed by atoms with E-state index in [0.717, 1.165) is 64.9 Å². The Morgan fingerprint density at radius 2 is 1.78 bits per heavy atom. The standard InChI is InChI=1S/C20H23N5OS/c1-13-17-14(2)22-15(3)23-19(17)27-18(13)20(26)25-10-8-24(9-11-25)12-16-4-6-21-7-5-16/h4-7H,8-12H2,1-3H3. The van der Waals surface area contributed by atoms with Crippen LogP contribution in [0.4, 0.5) is 0 Å². The molecule has 140 valence electrons. The molecule has 1 saturated heterocycles. The maximum absolute atomic E-state index is 13.1. The topological polar surface area (TPSA) is 62.2 Å². The molecule has 0 aromatic carbocycles. The molecule has 4 rings (SSSR count). The van der Waals surface area contributed by atoms with Crippen molar-refractivity contribution >= 4 is 27.5 Å². The van der Waals surface area contributed by atoms with Crippen LogP contribution in [0.5, 0.6) is 0 Å². The van der Waals surface area contributed by atoms with Gasteiger partial charge >= 0.3 is 0 Å². The van der Waals surface area contributed by atoms with Gasteiger partial charge in [0.15, 0.2) is 0 Å². The zero-order valence-corrected chi connectivity index (χ0v) is 16.7. The molecular weight excluding hydrogens is 358 g/mol. The third-order valence-electron chi connectivity index (χ3n) is 5.09. The molecule has 7 heteroatoms. The Kier molecular flexibility index (Phi) is 4.88. The molecule has 0 aliphatic carbocycles. The number of amides is 1. The number of aromatic nitrogens is 3. The number of carbonyl (C=O) groups is 1. The van der Waals surface area contributed by atoms with Crippen molar-refractivity contribution in [2.75, 3.05) is 26.2 Å². The molecule has 6 nitrogen and oxygen atoms in total. The summed E-state index contributed by atoms with van der Waals surface area (Å²) >= 11 is 1.49. The fourth-order valence-electron chi connectivity index (χ4n) is 3.68. The van der Waals surface area contributed by atoms with E-state index in [-0.39, 0.29) is 5.91 Å². The van der Waals surface area contributed by atoms with Gasteiger partial charge in [-0.05, 0) is 44.0 Å². The highest BCUT2D eigenvalue weighted by molar-refractivity contribution is 7.20. The molecule has 4 heterocycles. The number of carbonyl (C=O) groups excluding carboxylic acids is 1. The van der Waals surface area contributed by atoms with Gasteiger partial charge in [-0.1, -0.05) is 0 Å². The largest absolute Gasteiger partial charge is 0.335 e. The second-order valence-corrected chi connectivity index (χ2v) is 8.02. The van der Waals surface area contributed by atoms with Gasteiger partial charge in [-0.15, -0.1) is 11.3 Å². The van der Waals surface area contributed by atoms with E-state index in [9.17, 15) is 4.79 Å². The maximum atomic E-state index is 13.1. The van der Waals surface area contributed by atoms with Crippen LogP contribution < -0.4 is 0 Å². The Balaban J connectivity index is 1.47. The van der Waals surface area contributed by atoms with Gasteiger partial charge in [-0.3, -0.25) is 14.7 Å². The number of piperazine rings is 1. The van der Waals surface area contributed by atoms with E-state index in [1.165, 1.54) is 16.9 Å². The van der Waals surface area contributed by atoms with E-state index in [4.69, 9.17) is 0 Å². The summed E-state index contributed by atoms with van der Waals surface area (Å²) in [7, 11) is 0. The summed E-state index contributed by atoms with van der Waals surface area (Å²) < 4.78 is 0. The van der Waals surface area contributed by atoms with Crippen molar-refractivity contribution in [2.45, 2.75) is 27.3 Å². The molecule has 0 N–H and O–H groups in total. The molecule has 1 aliphatic rings. The SMILES string of the molecule is Cc1nc(C)c2c(C)c(C(=O)N3CCN(Cc4ccncc4)CC3)sc2n1. The Bertz CT molecular complexity index is 977. The van der Waals surface area contributed by atoms with Gasteiger partial charge in [0.2, 0.25) is 0 Å². The third kappa shape index (κ3) is 3.57. The van der Waals surface area contributed by atoms with Crippen molar-refractivity contribution < 1.29 is 4.79 Å². The van der Waals surface area contributed by atoms with E-state index in [1.54, 1.807) is 0 Å². The van der Waals surface area contributed by atoms with Gasteiger partial charge in [0, 0.05) is 56.2 Å². The van der Waals surface area contributed by atoms with Gasteiger partial charge < -0.3 is 4.90 Å². The van der Waals surface area contributed by atoms with Crippen LogP contribution in [0.3, 0.4) is 0 Å². The van der Waals surface area contributed by atoms with E-state index in [0.29, 0.717) is 0 Å². The van der Waals surface area contributed by atoms with Crippen molar-refractivity contribution in [3.8, 4) is 0 Å². The van der Waals surface area contributed by atoms with Crippen molar-refractivity contribution in [3.05, 3.63) is 52.0 Å². The van der Waals surface area contributed by atoms with Crippen LogP contribution in [0.1, 0.15) is 32.3 Å². The molecule has 1 amide bonds. The molecule has 0 saturated carbocycles. The first-order valence-corrected chi connectivity index (χ1v) is 9.99. The summed E-state index contributed by atoms with van der Waals surface area (Å²) in [5.41, 5.74) is 3.22. The number of fused-ring (bicyclic) bond motifs is 1. The highest BCUT2D eigenvalue weighted by atomic mass is 32.1. The smallest absolute Gasteiger partial charge is 0.264 e. The molecular formula is C20H23N5OS. The lowest BCUT2D eigenvalue weighted by molar-refractivity contribution is 0.0632. The van der Waals surface area contributed by atoms with E-state index in [1.807, 2.05) is 50.2 Å². The Hall–Kier alpha value is -2.38. The van der Waals surface area contributed by atoms with Gasteiger partial charge in [-0.25, -0.2) is 9.97 Å². The van der Waals surface area contributed by atoms with E-state index >= 15 is 0 Å². The quantitative estimate of drug-likeness (QED) is 0.698. The van der Waals surface area contributed by atoms with E-state index < -0.39 is 0 Å². The molecule has 0 unspecified atom stereocenters. The summed E-state index contributed by atoms with van der Waals surface area (Å²) in [6.45, 7) is 10.1. The minimum absolute atomic E-state index is 0.121. The summed E-state index contributed by atoms with van der Waals surface area (Å²) in [6.07, 6.45) is 3.65. The molecule has 1 fully saturated rings. The highest BCUT2D eigenvalue weighted by Gasteiger charge is 2.26. The van der Waals surface area contributed by atoms with Crippen LogP contribution in [0, 0.1) is 20.8 Å². The number of hydrogen-bond donors (Lipinski definition) is 0. The lowest BCUT2D eigenvalue weighted by atomic mass is 10.1. The Labute approximate surface area is 162 Å². The molecule has 0 atom stereocenters. The van der Waals surface area contributed by atoms with Gasteiger partial charge in [0.05, 0.1) is 4.88 Å². The second-order valence-electron chi connectivity index (χ2n) is 7.02. The van der Waals surface area contributed by atoms with E-state index in [2.05, 4.69) is 19.9 Å². The number of aryl methyl sites for hydroxylation is 3. The fraction of sp³-hybridized carbons (Fsp3) is 0.400. The summed E-state index contributed by atoms with van der Waals surface area (Å²) in [5.74, 6) is 0.876. The Morgan fingerprint density at radius 3 is 2.48 bits per heavy atom. The number of nitrogens with zero attached hydrogens (tertiary/aromatic N) is 5. The normalized spacial score (nSPS) is 15.4. The lowest BCUT2D eigenvalue weighted by Gasteiger charge is -2.34. The first-order valence-electron chi connectivity index (χ1n) is 9.18. The molecule has 0 bridgehead atoms. The monoisotopic (exact) mass is 381 g/mol. The zero-order chi connectivity index (χ0) is 19.0. The predicted octanol–water partition coefficient (Wildman–Crippen LogP) is 2.97. The third-order valence-corrected chi connectivity index (χ3v) is 6.27. The van der Waals surface area contributed by atoms with Gasteiger partial charge in [-0.2, -0.15) is 0 Å². The number of thiophene rings is 1. The second kappa shape index (κ2) is 7.32. The minimum Gasteiger partial charge on any atom is -0.335 e. The lowest BCUT2D eigenvalue weighted by Crippen LogP contribution is -2.48. The minimum atomic E-state index is 0.121. The summed E-state index contributed by atoms with van der Waals surface area (Å²) in [4.78, 5) is 32.2. The number of rotatable bonds is 3. The molecule has 0 spiro atoms. The van der Waals surface area contributed by atoms with Crippen molar-refractivity contribution in [1.82, 2.24) is 24.8 Å². The first kappa shape index (κ1) is 18.0. The van der Waals surface area contributed by atoms with Crippen LogP contribution >= 0.6 is 11.3 Å². The van der Waals surface area contributed by atoms with Crippen LogP contribution in [0.15, 0.2) is 24.5 Å². The summed E-state index contributed by atoms with van der Waals surface area (Å²) in [6, 6.07) is 4.09. The average Bonchev–Trinajstić information content (AvgIpc) is 2.99. The molecule has 0 radical (unpaired) electrons. The molecule has 3 aromatic heterocycles. The summed E-state index contributed by atoms with van der Waals surface area (Å²) in [5, 5.41) is 1.03. The maximum Gasteiger partial charge on any atom is 0.264 e. The average molecular weight is 382 g/mol. The van der Waals surface area contributed by atoms with Crippen LogP contribution in [-0.4, -0.2) is 56.8 Å². The van der Waals surface area contributed by atoms with Crippen LogP contribution in [-0.2, 0) is 6.54 Å². The van der Waals surface area contributed by atoms with Gasteiger partial charge in [0.1, 0.15) is 10.7 Å². The predicted molar refractivity (Wildman–Crippen MR) is 107 cm³/mol. The highest BCUT2D eigenvalue weighted by Crippen LogP contribution is 2.32. The van der Waals surface area contributed by atoms with Crippen molar-refractivity contribution in [3.63, 3.8) is 0 Å². The molecule has 3 aromatic rings. The van der Waals surface area contributed by atoms with Gasteiger partial charge in [0.25, 0.3) is 5.91 Å². The van der Waals surface area contributed by atoms with Crippen molar-refractivity contribution in [1.29, 1.82) is 0 Å². The fourth-order valence-corrected chi connectivity index (χ4v) is 4.92. The first-order chi connectivity index (χ1) is 13.0. The van der Waals surface area contributed by atoms with Crippen LogP contribution in [0.25, 0.3) is 10.2 Å². The molecule has 1 aliphatic heterocycles. The number of pyridine rings is 1. The van der Waals surface area contributed by atoms with Crippen LogP contribution in [0.2, 0.25) is 0 Å². The number of hydrogen-bond acceptors (Lipinski definition) is 6. The Morgan fingerprint density at radius 1 is 1.07 bits per heavy atom. The molecule has 27 heavy (non-hydrogen) atoms. The van der Waals surface area contributed by atoms with Crippen molar-refractivity contribution in [2.24, 2.45) is 0 Å². The zero-order valence-electron chi connectivity index (χ0n) is 15.9.